The lowest BCUT2D eigenvalue weighted by molar-refractivity contribution is 0.217. The van der Waals surface area contributed by atoms with Crippen LogP contribution >= 0.6 is 11.6 Å². The van der Waals surface area contributed by atoms with E-state index in [1.165, 1.54) is 12.1 Å². The summed E-state index contributed by atoms with van der Waals surface area (Å²) in [7, 11) is -3.71. The Labute approximate surface area is 152 Å². The van der Waals surface area contributed by atoms with Gasteiger partial charge in [-0.15, -0.1) is 0 Å². The molecule has 2 aromatic rings. The minimum Gasteiger partial charge on any atom is -0.325 e. The SMILES string of the molecule is CCN(CC)C(=O)Nc1ccc(S(=O)(=O)Nc2ccc(Cl)cc2)cc1. The van der Waals surface area contributed by atoms with Crippen molar-refractivity contribution >= 4 is 39.0 Å². The van der Waals surface area contributed by atoms with Crippen molar-refractivity contribution in [3.8, 4) is 0 Å². The van der Waals surface area contributed by atoms with Crippen LogP contribution in [0.1, 0.15) is 13.8 Å². The van der Waals surface area contributed by atoms with Gasteiger partial charge >= 0.3 is 6.03 Å². The highest BCUT2D eigenvalue weighted by atomic mass is 35.5. The molecule has 0 aliphatic rings. The predicted octanol–water partition coefficient (Wildman–Crippen LogP) is 4.01. The van der Waals surface area contributed by atoms with Gasteiger partial charge in [0.15, 0.2) is 0 Å². The zero-order valence-corrected chi connectivity index (χ0v) is 15.6. The molecule has 0 saturated heterocycles. The highest BCUT2D eigenvalue weighted by molar-refractivity contribution is 7.92. The van der Waals surface area contributed by atoms with Crippen molar-refractivity contribution in [3.05, 3.63) is 53.6 Å². The smallest absolute Gasteiger partial charge is 0.321 e. The lowest BCUT2D eigenvalue weighted by atomic mass is 10.3. The average Bonchev–Trinajstić information content (AvgIpc) is 2.58. The van der Waals surface area contributed by atoms with Crippen LogP contribution in [0, 0.1) is 0 Å². The van der Waals surface area contributed by atoms with Crippen molar-refractivity contribution in [1.29, 1.82) is 0 Å². The van der Waals surface area contributed by atoms with Crippen LogP contribution in [0.5, 0.6) is 0 Å². The number of hydrogen-bond acceptors (Lipinski definition) is 3. The quantitative estimate of drug-likeness (QED) is 0.793. The number of nitrogens with one attached hydrogen (secondary N) is 2. The van der Waals surface area contributed by atoms with Crippen LogP contribution < -0.4 is 10.0 Å². The monoisotopic (exact) mass is 381 g/mol. The Bertz CT molecular complexity index is 817. The number of carbonyl (C=O) groups excluding carboxylic acids is 1. The van der Waals surface area contributed by atoms with E-state index in [2.05, 4.69) is 10.0 Å². The van der Waals surface area contributed by atoms with Gasteiger partial charge in [-0.2, -0.15) is 0 Å². The molecule has 0 unspecified atom stereocenters. The topological polar surface area (TPSA) is 78.5 Å². The summed E-state index contributed by atoms with van der Waals surface area (Å²) < 4.78 is 27.2. The van der Waals surface area contributed by atoms with Crippen LogP contribution in [0.15, 0.2) is 53.4 Å². The van der Waals surface area contributed by atoms with E-state index in [0.29, 0.717) is 29.5 Å². The molecule has 0 aliphatic heterocycles. The first-order chi connectivity index (χ1) is 11.9. The van der Waals surface area contributed by atoms with Crippen LogP contribution in [0.25, 0.3) is 0 Å². The number of nitrogens with zero attached hydrogens (tertiary/aromatic N) is 1. The van der Waals surface area contributed by atoms with Crippen LogP contribution in [-0.4, -0.2) is 32.4 Å². The van der Waals surface area contributed by atoms with Crippen molar-refractivity contribution in [1.82, 2.24) is 4.90 Å². The van der Waals surface area contributed by atoms with E-state index >= 15 is 0 Å². The van der Waals surface area contributed by atoms with Crippen molar-refractivity contribution in [2.75, 3.05) is 23.1 Å². The summed E-state index contributed by atoms with van der Waals surface area (Å²) in [4.78, 5) is 13.7. The third-order valence-electron chi connectivity index (χ3n) is 3.56. The summed E-state index contributed by atoms with van der Waals surface area (Å²) in [6.45, 7) is 4.97. The second-order valence-electron chi connectivity index (χ2n) is 5.24. The summed E-state index contributed by atoms with van der Waals surface area (Å²) in [5.74, 6) is 0. The molecule has 0 radical (unpaired) electrons. The van der Waals surface area contributed by atoms with Crippen LogP contribution in [-0.2, 0) is 10.0 Å². The van der Waals surface area contributed by atoms with Gasteiger partial charge in [-0.3, -0.25) is 4.72 Å². The summed E-state index contributed by atoms with van der Waals surface area (Å²) in [5, 5.41) is 3.26. The number of hydrogen-bond donors (Lipinski definition) is 2. The van der Waals surface area contributed by atoms with E-state index in [4.69, 9.17) is 11.6 Å². The number of carbonyl (C=O) groups is 1. The van der Waals surface area contributed by atoms with E-state index in [-0.39, 0.29) is 10.9 Å². The van der Waals surface area contributed by atoms with E-state index in [0.717, 1.165) is 0 Å². The predicted molar refractivity (Wildman–Crippen MR) is 101 cm³/mol. The number of sulfonamides is 1. The summed E-state index contributed by atoms with van der Waals surface area (Å²) in [6, 6.07) is 12.1. The van der Waals surface area contributed by atoms with Gasteiger partial charge in [0.1, 0.15) is 0 Å². The molecule has 0 atom stereocenters. The molecular weight excluding hydrogens is 362 g/mol. The van der Waals surface area contributed by atoms with Crippen LogP contribution in [0.2, 0.25) is 5.02 Å². The Morgan fingerprint density at radius 3 is 2.00 bits per heavy atom. The molecule has 0 heterocycles. The number of halogens is 1. The second-order valence-corrected chi connectivity index (χ2v) is 7.36. The van der Waals surface area contributed by atoms with E-state index < -0.39 is 10.0 Å². The lowest BCUT2D eigenvalue weighted by Gasteiger charge is -2.19. The number of rotatable bonds is 6. The minimum atomic E-state index is -3.71. The summed E-state index contributed by atoms with van der Waals surface area (Å²) in [5.41, 5.74) is 0.950. The molecule has 8 heteroatoms. The van der Waals surface area contributed by atoms with Crippen molar-refractivity contribution in [3.63, 3.8) is 0 Å². The molecule has 134 valence electrons. The number of amides is 2. The van der Waals surface area contributed by atoms with Gasteiger partial charge in [-0.1, -0.05) is 11.6 Å². The molecule has 0 fully saturated rings. The molecule has 0 aromatic heterocycles. The number of anilines is 2. The molecule has 0 aliphatic carbocycles. The zero-order chi connectivity index (χ0) is 18.4. The fourth-order valence-electron chi connectivity index (χ4n) is 2.16. The summed E-state index contributed by atoms with van der Waals surface area (Å²) in [6.07, 6.45) is 0. The molecule has 25 heavy (non-hydrogen) atoms. The first-order valence-corrected chi connectivity index (χ1v) is 9.66. The van der Waals surface area contributed by atoms with E-state index in [1.54, 1.807) is 41.3 Å². The molecule has 6 nitrogen and oxygen atoms in total. The van der Waals surface area contributed by atoms with Crippen molar-refractivity contribution in [2.45, 2.75) is 18.7 Å². The van der Waals surface area contributed by atoms with Crippen LogP contribution in [0.4, 0.5) is 16.2 Å². The average molecular weight is 382 g/mol. The maximum Gasteiger partial charge on any atom is 0.321 e. The van der Waals surface area contributed by atoms with Gasteiger partial charge in [-0.25, -0.2) is 13.2 Å². The fourth-order valence-corrected chi connectivity index (χ4v) is 3.35. The normalized spacial score (nSPS) is 11.0. The van der Waals surface area contributed by atoms with Gasteiger partial charge in [0, 0.05) is 29.5 Å². The molecule has 0 saturated carbocycles. The van der Waals surface area contributed by atoms with Gasteiger partial charge in [0.05, 0.1) is 4.90 Å². The lowest BCUT2D eigenvalue weighted by Crippen LogP contribution is -2.34. The maximum absolute atomic E-state index is 12.4. The minimum absolute atomic E-state index is 0.100. The standard InChI is InChI=1S/C17H20ClN3O3S/c1-3-21(4-2)17(22)19-14-9-11-16(12-10-14)25(23,24)20-15-7-5-13(18)6-8-15/h5-12,20H,3-4H2,1-2H3,(H,19,22). The molecule has 2 aromatic carbocycles. The van der Waals surface area contributed by atoms with Crippen molar-refractivity contribution in [2.24, 2.45) is 0 Å². The van der Waals surface area contributed by atoms with Gasteiger partial charge in [0.2, 0.25) is 0 Å². The van der Waals surface area contributed by atoms with Gasteiger partial charge in [0.25, 0.3) is 10.0 Å². The zero-order valence-electron chi connectivity index (χ0n) is 14.0. The Morgan fingerprint density at radius 1 is 0.960 bits per heavy atom. The van der Waals surface area contributed by atoms with Gasteiger partial charge < -0.3 is 10.2 Å². The number of benzene rings is 2. The van der Waals surface area contributed by atoms with E-state index in [9.17, 15) is 13.2 Å². The summed E-state index contributed by atoms with van der Waals surface area (Å²) >= 11 is 5.79. The fraction of sp³-hybridized carbons (Fsp3) is 0.235. The largest absolute Gasteiger partial charge is 0.325 e. The Hall–Kier alpha value is -2.25. The molecular formula is C17H20ClN3O3S. The molecule has 2 amide bonds. The van der Waals surface area contributed by atoms with Gasteiger partial charge in [-0.05, 0) is 62.4 Å². The first kappa shape index (κ1) is 19.1. The van der Waals surface area contributed by atoms with Crippen LogP contribution in [0.3, 0.4) is 0 Å². The Morgan fingerprint density at radius 2 is 1.48 bits per heavy atom. The highest BCUT2D eigenvalue weighted by Gasteiger charge is 2.15. The van der Waals surface area contributed by atoms with E-state index in [1.807, 2.05) is 13.8 Å². The molecule has 2 rings (SSSR count). The molecule has 0 spiro atoms. The molecule has 0 bridgehead atoms. The Balaban J connectivity index is 2.10. The van der Waals surface area contributed by atoms with Crippen molar-refractivity contribution < 1.29 is 13.2 Å². The number of urea groups is 1. The third-order valence-corrected chi connectivity index (χ3v) is 5.21. The molecule has 2 N–H and O–H groups in total. The maximum atomic E-state index is 12.4. The highest BCUT2D eigenvalue weighted by Crippen LogP contribution is 2.20. The second kappa shape index (κ2) is 8.22. The third kappa shape index (κ3) is 5.11. The first-order valence-electron chi connectivity index (χ1n) is 7.80. The Kier molecular flexibility index (Phi) is 6.27.